The molecule has 0 bridgehead atoms. The lowest BCUT2D eigenvalue weighted by atomic mass is 10.0. The molecule has 21 heavy (non-hydrogen) atoms. The molecule has 2 heterocycles. The van der Waals surface area contributed by atoms with Crippen molar-refractivity contribution < 1.29 is 9.53 Å². The molecule has 3 rings (SSSR count). The van der Waals surface area contributed by atoms with E-state index in [2.05, 4.69) is 21.8 Å². The molecule has 110 valence electrons. The van der Waals surface area contributed by atoms with Gasteiger partial charge >= 0.3 is 5.97 Å². The first-order valence-corrected chi connectivity index (χ1v) is 7.29. The zero-order valence-corrected chi connectivity index (χ0v) is 12.5. The lowest BCUT2D eigenvalue weighted by Gasteiger charge is -2.29. The van der Waals surface area contributed by atoms with Crippen LogP contribution in [-0.4, -0.2) is 22.1 Å². The maximum Gasteiger partial charge on any atom is 0.337 e. The molecule has 0 spiro atoms. The second-order valence-corrected chi connectivity index (χ2v) is 5.10. The smallest absolute Gasteiger partial charge is 0.337 e. The van der Waals surface area contributed by atoms with E-state index in [1.807, 2.05) is 38.1 Å². The van der Waals surface area contributed by atoms with Gasteiger partial charge in [-0.05, 0) is 32.4 Å². The molecule has 1 aliphatic heterocycles. The lowest BCUT2D eigenvalue weighted by Crippen LogP contribution is -2.27. The Balaban J connectivity index is 2.16. The van der Waals surface area contributed by atoms with E-state index in [9.17, 15) is 4.79 Å². The number of imidazole rings is 1. The molecule has 0 saturated heterocycles. The highest BCUT2D eigenvalue weighted by Gasteiger charge is 2.32. The molecule has 0 saturated carbocycles. The van der Waals surface area contributed by atoms with Crippen LogP contribution in [0.5, 0.6) is 0 Å². The number of ether oxygens (including phenoxy) is 1. The summed E-state index contributed by atoms with van der Waals surface area (Å²) in [5.41, 5.74) is 3.47. The Morgan fingerprint density at radius 3 is 2.86 bits per heavy atom. The third-order valence-corrected chi connectivity index (χ3v) is 3.83. The number of allylic oxidation sites excluding steroid dienone is 1. The Kier molecular flexibility index (Phi) is 3.41. The molecule has 0 radical (unpaired) electrons. The minimum absolute atomic E-state index is 0.0484. The summed E-state index contributed by atoms with van der Waals surface area (Å²) in [4.78, 5) is 16.9. The molecular formula is C16H19N3O2. The van der Waals surface area contributed by atoms with E-state index in [1.165, 1.54) is 0 Å². The molecule has 1 aromatic carbocycles. The van der Waals surface area contributed by atoms with Crippen LogP contribution in [0.2, 0.25) is 0 Å². The fourth-order valence-corrected chi connectivity index (χ4v) is 2.95. The summed E-state index contributed by atoms with van der Waals surface area (Å²) >= 11 is 0. The highest BCUT2D eigenvalue weighted by atomic mass is 16.5. The maximum atomic E-state index is 12.3. The first-order chi connectivity index (χ1) is 10.2. The van der Waals surface area contributed by atoms with Gasteiger partial charge in [-0.15, -0.1) is 0 Å². The highest BCUT2D eigenvalue weighted by Crippen LogP contribution is 2.37. The van der Waals surface area contributed by atoms with Gasteiger partial charge in [-0.2, -0.15) is 0 Å². The minimum Gasteiger partial charge on any atom is -0.463 e. The normalized spacial score (nSPS) is 17.6. The van der Waals surface area contributed by atoms with E-state index in [-0.39, 0.29) is 12.0 Å². The van der Waals surface area contributed by atoms with E-state index in [0.717, 1.165) is 29.1 Å². The van der Waals surface area contributed by atoms with Gasteiger partial charge in [0.05, 0.1) is 29.3 Å². The van der Waals surface area contributed by atoms with Crippen LogP contribution in [0.25, 0.3) is 11.0 Å². The summed E-state index contributed by atoms with van der Waals surface area (Å²) < 4.78 is 7.31. The summed E-state index contributed by atoms with van der Waals surface area (Å²) in [7, 11) is 0. The second-order valence-electron chi connectivity index (χ2n) is 5.10. The number of aromatic nitrogens is 2. The van der Waals surface area contributed by atoms with Gasteiger partial charge in [0.15, 0.2) is 0 Å². The van der Waals surface area contributed by atoms with E-state index >= 15 is 0 Å². The number of anilines is 1. The fourth-order valence-electron chi connectivity index (χ4n) is 2.95. The predicted molar refractivity (Wildman–Crippen MR) is 82.0 cm³/mol. The number of benzene rings is 1. The van der Waals surface area contributed by atoms with Crippen LogP contribution in [-0.2, 0) is 9.53 Å². The van der Waals surface area contributed by atoms with Crippen molar-refractivity contribution in [3.8, 4) is 0 Å². The zero-order chi connectivity index (χ0) is 15.0. The van der Waals surface area contributed by atoms with Crippen molar-refractivity contribution in [2.24, 2.45) is 0 Å². The fraction of sp³-hybridized carbons (Fsp3) is 0.375. The van der Waals surface area contributed by atoms with Gasteiger partial charge in [-0.3, -0.25) is 0 Å². The van der Waals surface area contributed by atoms with Gasteiger partial charge in [0.1, 0.15) is 0 Å². The Bertz CT molecular complexity index is 730. The van der Waals surface area contributed by atoms with Gasteiger partial charge in [0.25, 0.3) is 0 Å². The summed E-state index contributed by atoms with van der Waals surface area (Å²) in [5, 5.41) is 3.23. The molecule has 1 unspecified atom stereocenters. The minimum atomic E-state index is -0.252. The Morgan fingerprint density at radius 2 is 2.14 bits per heavy atom. The first-order valence-electron chi connectivity index (χ1n) is 7.29. The van der Waals surface area contributed by atoms with Crippen LogP contribution >= 0.6 is 0 Å². The number of fused-ring (bicyclic) bond motifs is 3. The van der Waals surface area contributed by atoms with Crippen LogP contribution in [0.1, 0.15) is 33.2 Å². The standard InChI is InChI=1S/C16H19N3O2/c1-4-12-14(15(20)21-5-2)10(3)17-16-18-11-8-6-7-9-13(11)19(12)16/h6-9,12H,4-5H2,1-3H3,(H,17,18). The summed E-state index contributed by atoms with van der Waals surface area (Å²) in [5.74, 6) is 0.534. The topological polar surface area (TPSA) is 56.1 Å². The van der Waals surface area contributed by atoms with Gasteiger partial charge in [0.2, 0.25) is 5.95 Å². The third-order valence-electron chi connectivity index (χ3n) is 3.83. The molecule has 1 aliphatic rings. The summed E-state index contributed by atoms with van der Waals surface area (Å²) in [6.45, 7) is 6.17. The maximum absolute atomic E-state index is 12.3. The number of rotatable bonds is 3. The van der Waals surface area contributed by atoms with Crippen LogP contribution < -0.4 is 5.32 Å². The average molecular weight is 285 g/mol. The van der Waals surface area contributed by atoms with E-state index in [1.54, 1.807) is 0 Å². The number of nitrogens with zero attached hydrogens (tertiary/aromatic N) is 2. The van der Waals surface area contributed by atoms with Gasteiger partial charge < -0.3 is 14.6 Å². The number of esters is 1. The van der Waals surface area contributed by atoms with Crippen molar-refractivity contribution in [2.75, 3.05) is 11.9 Å². The molecule has 5 nitrogen and oxygen atoms in total. The number of carbonyl (C=O) groups excluding carboxylic acids is 1. The van der Waals surface area contributed by atoms with Crippen molar-refractivity contribution in [2.45, 2.75) is 33.2 Å². The Hall–Kier alpha value is -2.30. The molecule has 2 aromatic rings. The predicted octanol–water partition coefficient (Wildman–Crippen LogP) is 3.25. The van der Waals surface area contributed by atoms with Gasteiger partial charge in [-0.1, -0.05) is 19.1 Å². The quantitative estimate of drug-likeness (QED) is 0.879. The molecule has 0 aliphatic carbocycles. The molecular weight excluding hydrogens is 266 g/mol. The van der Waals surface area contributed by atoms with Crippen molar-refractivity contribution in [1.82, 2.24) is 9.55 Å². The molecule has 5 heteroatoms. The summed E-state index contributed by atoms with van der Waals surface area (Å²) in [6, 6.07) is 7.91. The van der Waals surface area contributed by atoms with Crippen molar-refractivity contribution in [3.05, 3.63) is 35.5 Å². The largest absolute Gasteiger partial charge is 0.463 e. The van der Waals surface area contributed by atoms with Crippen LogP contribution in [0, 0.1) is 0 Å². The average Bonchev–Trinajstić information content (AvgIpc) is 2.83. The van der Waals surface area contributed by atoms with E-state index in [0.29, 0.717) is 12.2 Å². The van der Waals surface area contributed by atoms with Crippen molar-refractivity contribution in [1.29, 1.82) is 0 Å². The van der Waals surface area contributed by atoms with Crippen LogP contribution in [0.3, 0.4) is 0 Å². The Morgan fingerprint density at radius 1 is 1.38 bits per heavy atom. The van der Waals surface area contributed by atoms with Gasteiger partial charge in [0, 0.05) is 5.70 Å². The highest BCUT2D eigenvalue weighted by molar-refractivity contribution is 5.93. The van der Waals surface area contributed by atoms with Crippen LogP contribution in [0.4, 0.5) is 5.95 Å². The summed E-state index contributed by atoms with van der Waals surface area (Å²) in [6.07, 6.45) is 0.806. The first kappa shape index (κ1) is 13.7. The van der Waals surface area contributed by atoms with Crippen LogP contribution in [0.15, 0.2) is 35.5 Å². The number of hydrogen-bond donors (Lipinski definition) is 1. The number of hydrogen-bond acceptors (Lipinski definition) is 4. The number of para-hydroxylation sites is 2. The molecule has 1 N–H and O–H groups in total. The lowest BCUT2D eigenvalue weighted by molar-refractivity contribution is -0.139. The monoisotopic (exact) mass is 285 g/mol. The SMILES string of the molecule is CCOC(=O)C1=C(C)Nc2nc3ccccc3n2C1CC. The molecule has 1 atom stereocenters. The van der Waals surface area contributed by atoms with Crippen molar-refractivity contribution in [3.63, 3.8) is 0 Å². The van der Waals surface area contributed by atoms with E-state index < -0.39 is 0 Å². The zero-order valence-electron chi connectivity index (χ0n) is 12.5. The third kappa shape index (κ3) is 2.09. The molecule has 0 amide bonds. The number of nitrogens with one attached hydrogen (secondary N) is 1. The van der Waals surface area contributed by atoms with Gasteiger partial charge in [-0.25, -0.2) is 9.78 Å². The Labute approximate surface area is 123 Å². The molecule has 1 aromatic heterocycles. The van der Waals surface area contributed by atoms with Crippen molar-refractivity contribution >= 4 is 23.0 Å². The second kappa shape index (κ2) is 5.24. The number of carbonyl (C=O) groups is 1. The van der Waals surface area contributed by atoms with E-state index in [4.69, 9.17) is 4.74 Å². The molecule has 0 fully saturated rings.